The Labute approximate surface area is 109 Å². The summed E-state index contributed by atoms with van der Waals surface area (Å²) in [6.45, 7) is 6.21. The van der Waals surface area contributed by atoms with Crippen LogP contribution in [0, 0.1) is 0 Å². The lowest BCUT2D eigenvalue weighted by Gasteiger charge is -2.02. The largest absolute Gasteiger partial charge is 0.137 e. The fourth-order valence-electron chi connectivity index (χ4n) is 1.92. The summed E-state index contributed by atoms with van der Waals surface area (Å²) >= 11 is 0. The maximum absolute atomic E-state index is 4.20. The van der Waals surface area contributed by atoms with E-state index in [4.69, 9.17) is 0 Å². The molecule has 0 atom stereocenters. The number of allylic oxidation sites excluding steroid dienone is 1. The lowest BCUT2D eigenvalue weighted by Crippen LogP contribution is -2.24. The molecule has 87 valence electrons. The van der Waals surface area contributed by atoms with Gasteiger partial charge in [0.2, 0.25) is 0 Å². The first-order chi connectivity index (χ1) is 8.83. The van der Waals surface area contributed by atoms with Crippen LogP contribution in [-0.2, 0) is 0 Å². The Morgan fingerprint density at radius 3 is 2.50 bits per heavy atom. The summed E-state index contributed by atoms with van der Waals surface area (Å²) in [5.41, 5.74) is 2.40. The predicted molar refractivity (Wildman–Crippen MR) is 81.9 cm³/mol. The smallest absolute Gasteiger partial charge is 0.123 e. The van der Waals surface area contributed by atoms with Crippen molar-refractivity contribution >= 4 is 19.9 Å². The van der Waals surface area contributed by atoms with Crippen LogP contribution in [0.2, 0.25) is 6.82 Å². The maximum Gasteiger partial charge on any atom is 0.137 e. The van der Waals surface area contributed by atoms with Crippen molar-refractivity contribution in [2.75, 3.05) is 0 Å². The van der Waals surface area contributed by atoms with Crippen LogP contribution in [0.15, 0.2) is 60.6 Å². The first-order valence-electron chi connectivity index (χ1n) is 6.12. The van der Waals surface area contributed by atoms with E-state index in [0.29, 0.717) is 0 Å². The molecule has 0 saturated heterocycles. The molecule has 0 amide bonds. The Morgan fingerprint density at radius 2 is 1.78 bits per heavy atom. The quantitative estimate of drug-likeness (QED) is 0.712. The predicted octanol–water partition coefficient (Wildman–Crippen LogP) is 2.81. The zero-order valence-electron chi connectivity index (χ0n) is 10.6. The molecule has 0 nitrogen and oxygen atoms in total. The molecule has 2 aromatic carbocycles. The normalized spacial score (nSPS) is 11.9. The van der Waals surface area contributed by atoms with Gasteiger partial charge in [-0.05, 0) is 21.6 Å². The second-order valence-corrected chi connectivity index (χ2v) is 4.12. The molecule has 1 heteroatoms. The number of benzene rings is 2. The minimum Gasteiger partial charge on any atom is -0.123 e. The van der Waals surface area contributed by atoms with E-state index in [9.17, 15) is 0 Å². The monoisotopic (exact) mass is 231 g/mol. The third kappa shape index (κ3) is 2.81. The molecule has 0 aliphatic carbocycles. The topological polar surface area (TPSA) is 0 Å². The Bertz CT molecular complexity index is 639. The van der Waals surface area contributed by atoms with Crippen LogP contribution in [0.5, 0.6) is 0 Å². The highest BCUT2D eigenvalue weighted by Crippen LogP contribution is 2.12. The van der Waals surface area contributed by atoms with E-state index in [-0.39, 0.29) is 0 Å². The highest BCUT2D eigenvalue weighted by atomic mass is 14.0. The highest BCUT2D eigenvalue weighted by molar-refractivity contribution is 6.40. The summed E-state index contributed by atoms with van der Waals surface area (Å²) in [5.74, 6) is 2.02. The molecule has 0 bridgehead atoms. The zero-order chi connectivity index (χ0) is 12.8. The summed E-state index contributed by atoms with van der Waals surface area (Å²) in [4.78, 5) is 0. The van der Waals surface area contributed by atoms with Gasteiger partial charge in [0.1, 0.15) is 7.28 Å². The van der Waals surface area contributed by atoms with E-state index in [2.05, 4.69) is 55.1 Å². The molecule has 2 aromatic rings. The molecule has 1 radical (unpaired) electrons. The SMILES string of the molecule is C=c1c(-c2ccccc2)ccc/c1=C/C=C/[B]C. The van der Waals surface area contributed by atoms with Gasteiger partial charge in [-0.25, -0.2) is 0 Å². The van der Waals surface area contributed by atoms with Gasteiger partial charge in [0.15, 0.2) is 0 Å². The summed E-state index contributed by atoms with van der Waals surface area (Å²) in [5, 5.41) is 2.24. The fourth-order valence-corrected chi connectivity index (χ4v) is 1.92. The summed E-state index contributed by atoms with van der Waals surface area (Å²) in [7, 11) is 2.01. The van der Waals surface area contributed by atoms with Gasteiger partial charge in [-0.3, -0.25) is 0 Å². The number of rotatable bonds is 3. The van der Waals surface area contributed by atoms with Crippen molar-refractivity contribution in [1.29, 1.82) is 0 Å². The van der Waals surface area contributed by atoms with E-state index in [1.807, 2.05) is 32.2 Å². The Morgan fingerprint density at radius 1 is 1.00 bits per heavy atom. The Kier molecular flexibility index (Phi) is 4.19. The van der Waals surface area contributed by atoms with Crippen LogP contribution in [0.3, 0.4) is 0 Å². The first-order valence-corrected chi connectivity index (χ1v) is 6.12. The van der Waals surface area contributed by atoms with Crippen LogP contribution < -0.4 is 10.4 Å². The average Bonchev–Trinajstić information content (AvgIpc) is 2.42. The zero-order valence-corrected chi connectivity index (χ0v) is 10.6. The van der Waals surface area contributed by atoms with Crippen molar-refractivity contribution in [3.8, 4) is 11.1 Å². The van der Waals surface area contributed by atoms with Crippen LogP contribution in [0.25, 0.3) is 23.8 Å². The van der Waals surface area contributed by atoms with E-state index in [1.54, 1.807) is 0 Å². The van der Waals surface area contributed by atoms with E-state index < -0.39 is 0 Å². The van der Waals surface area contributed by atoms with E-state index >= 15 is 0 Å². The van der Waals surface area contributed by atoms with Crippen LogP contribution >= 0.6 is 0 Å². The van der Waals surface area contributed by atoms with Crippen molar-refractivity contribution in [3.05, 3.63) is 71.0 Å². The molecule has 0 unspecified atom stereocenters. The minimum absolute atomic E-state index is 1.07. The lowest BCUT2D eigenvalue weighted by molar-refractivity contribution is 1.51. The van der Waals surface area contributed by atoms with Crippen LogP contribution in [0.4, 0.5) is 0 Å². The van der Waals surface area contributed by atoms with Crippen molar-refractivity contribution in [2.45, 2.75) is 6.82 Å². The summed E-state index contributed by atoms with van der Waals surface area (Å²) in [6.07, 6.45) is 4.13. The molecule has 0 fully saturated rings. The highest BCUT2D eigenvalue weighted by Gasteiger charge is 1.97. The second-order valence-electron chi connectivity index (χ2n) is 4.12. The number of hydrogen-bond donors (Lipinski definition) is 0. The molecular formula is C17H16B. The molecule has 0 aliphatic rings. The van der Waals surface area contributed by atoms with Gasteiger partial charge in [0.25, 0.3) is 0 Å². The third-order valence-corrected chi connectivity index (χ3v) is 2.88. The minimum atomic E-state index is 1.07. The standard InChI is InChI=1S/C17H16B/c1-14-15(11-7-13-18-2)10-6-12-17(14)16-8-4-3-5-9-16/h3-13H,1H2,2H3/b13-7+,15-11-. The Balaban J connectivity index is 2.53. The molecule has 18 heavy (non-hydrogen) atoms. The molecule has 0 spiro atoms. The third-order valence-electron chi connectivity index (χ3n) is 2.88. The molecule has 0 N–H and O–H groups in total. The van der Waals surface area contributed by atoms with Crippen molar-refractivity contribution in [2.24, 2.45) is 0 Å². The second kappa shape index (κ2) is 6.06. The molecule has 0 aliphatic heterocycles. The van der Waals surface area contributed by atoms with E-state index in [0.717, 1.165) is 10.4 Å². The van der Waals surface area contributed by atoms with Gasteiger partial charge >= 0.3 is 0 Å². The van der Waals surface area contributed by atoms with Crippen molar-refractivity contribution < 1.29 is 0 Å². The van der Waals surface area contributed by atoms with Gasteiger partial charge < -0.3 is 0 Å². The van der Waals surface area contributed by atoms with Crippen molar-refractivity contribution in [1.82, 2.24) is 0 Å². The fraction of sp³-hybridized carbons (Fsp3) is 0.0588. The van der Waals surface area contributed by atoms with Gasteiger partial charge in [0, 0.05) is 0 Å². The molecular weight excluding hydrogens is 215 g/mol. The first kappa shape index (κ1) is 12.4. The van der Waals surface area contributed by atoms with Crippen LogP contribution in [-0.4, -0.2) is 7.28 Å². The molecule has 2 rings (SSSR count). The Hall–Kier alpha value is -2.02. The molecule has 0 saturated carbocycles. The lowest BCUT2D eigenvalue weighted by atomic mass is 9.82. The number of hydrogen-bond acceptors (Lipinski definition) is 0. The maximum atomic E-state index is 4.20. The average molecular weight is 231 g/mol. The van der Waals surface area contributed by atoms with Gasteiger partial charge in [-0.2, -0.15) is 0 Å². The van der Waals surface area contributed by atoms with Crippen LogP contribution in [0.1, 0.15) is 0 Å². The molecule has 0 heterocycles. The summed E-state index contributed by atoms with van der Waals surface area (Å²) < 4.78 is 0. The van der Waals surface area contributed by atoms with Gasteiger partial charge in [0.05, 0.1) is 0 Å². The molecule has 0 aromatic heterocycles. The van der Waals surface area contributed by atoms with Gasteiger partial charge in [-0.15, -0.1) is 5.98 Å². The van der Waals surface area contributed by atoms with Gasteiger partial charge in [-0.1, -0.05) is 74.1 Å². The summed E-state index contributed by atoms with van der Waals surface area (Å²) in [6, 6.07) is 16.6. The van der Waals surface area contributed by atoms with E-state index in [1.165, 1.54) is 11.1 Å². The van der Waals surface area contributed by atoms with Crippen molar-refractivity contribution in [3.63, 3.8) is 0 Å².